The molecule has 0 aliphatic carbocycles. The number of benzene rings is 1. The molecule has 2 amide bonds. The van der Waals surface area contributed by atoms with Crippen LogP contribution in [0.15, 0.2) is 24.3 Å². The number of nitrogens with zero attached hydrogens (tertiary/aromatic N) is 1. The fraction of sp³-hybridized carbons (Fsp3) is 0.526. The highest BCUT2D eigenvalue weighted by Crippen LogP contribution is 2.21. The third-order valence-electron chi connectivity index (χ3n) is 3.58. The summed E-state index contributed by atoms with van der Waals surface area (Å²) in [4.78, 5) is 37.0. The van der Waals surface area contributed by atoms with Crippen LogP contribution in [0.25, 0.3) is 0 Å². The van der Waals surface area contributed by atoms with Gasteiger partial charge in [0.05, 0.1) is 50.5 Å². The lowest BCUT2D eigenvalue weighted by atomic mass is 10.1. The monoisotopic (exact) mass is 363 g/mol. The molecule has 0 unspecified atom stereocenters. The summed E-state index contributed by atoms with van der Waals surface area (Å²) >= 11 is 0. The molecule has 0 spiro atoms. The van der Waals surface area contributed by atoms with E-state index < -0.39 is 5.60 Å². The average molecular weight is 363 g/mol. The van der Waals surface area contributed by atoms with E-state index in [1.54, 1.807) is 24.3 Å². The van der Waals surface area contributed by atoms with Crippen LogP contribution in [-0.2, 0) is 19.0 Å². The Bertz CT molecular complexity index is 629. The van der Waals surface area contributed by atoms with Crippen LogP contribution < -0.4 is 0 Å². The molecule has 0 radical (unpaired) electrons. The van der Waals surface area contributed by atoms with Gasteiger partial charge in [-0.05, 0) is 32.9 Å². The molecule has 1 aliphatic heterocycles. The molecule has 7 heteroatoms. The van der Waals surface area contributed by atoms with Crippen LogP contribution >= 0.6 is 0 Å². The first kappa shape index (κ1) is 20.1. The van der Waals surface area contributed by atoms with Gasteiger partial charge >= 0.3 is 5.97 Å². The summed E-state index contributed by atoms with van der Waals surface area (Å²) in [5, 5.41) is 0. The predicted molar refractivity (Wildman–Crippen MR) is 93.9 cm³/mol. The lowest BCUT2D eigenvalue weighted by Gasteiger charge is -2.19. The van der Waals surface area contributed by atoms with Crippen LogP contribution in [0.3, 0.4) is 0 Å². The Morgan fingerprint density at radius 1 is 0.923 bits per heavy atom. The zero-order valence-electron chi connectivity index (χ0n) is 15.4. The zero-order valence-corrected chi connectivity index (χ0v) is 15.4. The van der Waals surface area contributed by atoms with Gasteiger partial charge in [-0.2, -0.15) is 0 Å². The molecule has 0 N–H and O–H groups in total. The molecular formula is C19H25NO6. The summed E-state index contributed by atoms with van der Waals surface area (Å²) < 4.78 is 15.9. The normalized spacial score (nSPS) is 13.9. The number of hydrogen-bond donors (Lipinski definition) is 0. The van der Waals surface area contributed by atoms with Crippen molar-refractivity contribution in [3.63, 3.8) is 0 Å². The Morgan fingerprint density at radius 3 is 2.00 bits per heavy atom. The molecule has 0 atom stereocenters. The van der Waals surface area contributed by atoms with E-state index in [1.807, 2.05) is 20.8 Å². The van der Waals surface area contributed by atoms with E-state index in [0.29, 0.717) is 24.3 Å². The van der Waals surface area contributed by atoms with Crippen molar-refractivity contribution in [1.29, 1.82) is 0 Å². The minimum absolute atomic E-state index is 0.187. The maximum atomic E-state index is 12.2. The standard InChI is InChI=1S/C19H25NO6/c1-19(2,3)26-16(21)8-10-24-12-13-25-11-9-20-17(22)14-6-4-5-7-15(14)18(20)23/h4-7H,8-13H2,1-3H3. The molecule has 0 bridgehead atoms. The molecule has 0 saturated heterocycles. The number of hydrogen-bond acceptors (Lipinski definition) is 6. The molecule has 1 heterocycles. The Balaban J connectivity index is 1.56. The van der Waals surface area contributed by atoms with Crippen molar-refractivity contribution in [2.75, 3.05) is 33.0 Å². The summed E-state index contributed by atoms with van der Waals surface area (Å²) in [6.07, 6.45) is 0.187. The Morgan fingerprint density at radius 2 is 1.46 bits per heavy atom. The third kappa shape index (κ3) is 5.64. The minimum atomic E-state index is -0.496. The van der Waals surface area contributed by atoms with Crippen molar-refractivity contribution in [1.82, 2.24) is 4.90 Å². The Hall–Kier alpha value is -2.25. The van der Waals surface area contributed by atoms with E-state index >= 15 is 0 Å². The zero-order chi connectivity index (χ0) is 19.2. The average Bonchev–Trinajstić information content (AvgIpc) is 2.80. The van der Waals surface area contributed by atoms with E-state index in [9.17, 15) is 14.4 Å². The molecule has 1 aromatic rings. The van der Waals surface area contributed by atoms with Crippen LogP contribution in [0.1, 0.15) is 47.9 Å². The van der Waals surface area contributed by atoms with Gasteiger partial charge in [-0.15, -0.1) is 0 Å². The van der Waals surface area contributed by atoms with Crippen LogP contribution in [0.4, 0.5) is 0 Å². The molecule has 0 aromatic heterocycles. The van der Waals surface area contributed by atoms with Crippen molar-refractivity contribution in [3.8, 4) is 0 Å². The number of esters is 1. The smallest absolute Gasteiger partial charge is 0.308 e. The summed E-state index contributed by atoms with van der Waals surface area (Å²) in [5.41, 5.74) is 0.371. The van der Waals surface area contributed by atoms with Crippen molar-refractivity contribution in [2.24, 2.45) is 0 Å². The van der Waals surface area contributed by atoms with Crippen molar-refractivity contribution in [3.05, 3.63) is 35.4 Å². The molecule has 0 saturated carbocycles. The summed E-state index contributed by atoms with van der Waals surface area (Å²) in [6.45, 7) is 6.78. The number of fused-ring (bicyclic) bond motifs is 1. The van der Waals surface area contributed by atoms with Gasteiger partial charge in [0.15, 0.2) is 0 Å². The number of carbonyl (C=O) groups excluding carboxylic acids is 3. The molecular weight excluding hydrogens is 338 g/mol. The molecule has 1 aliphatic rings. The van der Waals surface area contributed by atoms with Gasteiger partial charge < -0.3 is 14.2 Å². The van der Waals surface area contributed by atoms with E-state index in [2.05, 4.69) is 0 Å². The summed E-state index contributed by atoms with van der Waals surface area (Å²) in [7, 11) is 0. The van der Waals surface area contributed by atoms with Gasteiger partial charge in [0.1, 0.15) is 5.60 Å². The van der Waals surface area contributed by atoms with E-state index in [1.165, 1.54) is 4.90 Å². The van der Waals surface area contributed by atoms with Gasteiger partial charge in [0.25, 0.3) is 11.8 Å². The topological polar surface area (TPSA) is 82.1 Å². The highest BCUT2D eigenvalue weighted by molar-refractivity contribution is 6.21. The van der Waals surface area contributed by atoms with Crippen LogP contribution in [-0.4, -0.2) is 61.3 Å². The minimum Gasteiger partial charge on any atom is -0.460 e. The van der Waals surface area contributed by atoms with Gasteiger partial charge in [-0.1, -0.05) is 12.1 Å². The van der Waals surface area contributed by atoms with E-state index in [-0.39, 0.29) is 44.0 Å². The highest BCUT2D eigenvalue weighted by Gasteiger charge is 2.34. The molecule has 2 rings (SSSR count). The fourth-order valence-electron chi connectivity index (χ4n) is 2.47. The summed E-state index contributed by atoms with van der Waals surface area (Å²) in [6, 6.07) is 6.77. The number of imide groups is 1. The van der Waals surface area contributed by atoms with Crippen molar-refractivity contribution in [2.45, 2.75) is 32.8 Å². The molecule has 142 valence electrons. The Labute approximate surface area is 153 Å². The van der Waals surface area contributed by atoms with Crippen LogP contribution in [0.2, 0.25) is 0 Å². The molecule has 26 heavy (non-hydrogen) atoms. The Kier molecular flexibility index (Phi) is 6.88. The van der Waals surface area contributed by atoms with Gasteiger partial charge in [-0.3, -0.25) is 19.3 Å². The largest absolute Gasteiger partial charge is 0.460 e. The second-order valence-corrected chi connectivity index (χ2v) is 6.87. The predicted octanol–water partition coefficient (Wildman–Crippen LogP) is 2.05. The first-order valence-corrected chi connectivity index (χ1v) is 8.62. The van der Waals surface area contributed by atoms with Crippen molar-refractivity contribution < 1.29 is 28.6 Å². The quantitative estimate of drug-likeness (QED) is 0.379. The highest BCUT2D eigenvalue weighted by atomic mass is 16.6. The van der Waals surface area contributed by atoms with Crippen LogP contribution in [0, 0.1) is 0 Å². The maximum Gasteiger partial charge on any atom is 0.308 e. The van der Waals surface area contributed by atoms with Crippen molar-refractivity contribution >= 4 is 17.8 Å². The summed E-state index contributed by atoms with van der Waals surface area (Å²) in [5.74, 6) is -0.880. The number of ether oxygens (including phenoxy) is 3. The maximum absolute atomic E-state index is 12.2. The molecule has 7 nitrogen and oxygen atoms in total. The second-order valence-electron chi connectivity index (χ2n) is 6.87. The van der Waals surface area contributed by atoms with E-state index in [4.69, 9.17) is 14.2 Å². The SMILES string of the molecule is CC(C)(C)OC(=O)CCOCCOCCN1C(=O)c2ccccc2C1=O. The lowest BCUT2D eigenvalue weighted by molar-refractivity contribution is -0.156. The van der Waals surface area contributed by atoms with Gasteiger partial charge in [-0.25, -0.2) is 0 Å². The van der Waals surface area contributed by atoms with E-state index in [0.717, 1.165) is 0 Å². The van der Waals surface area contributed by atoms with Gasteiger partial charge in [0.2, 0.25) is 0 Å². The molecule has 1 aromatic carbocycles. The second kappa shape index (κ2) is 8.91. The molecule has 0 fully saturated rings. The third-order valence-corrected chi connectivity index (χ3v) is 3.58. The van der Waals surface area contributed by atoms with Gasteiger partial charge in [0, 0.05) is 0 Å². The first-order chi connectivity index (χ1) is 12.3. The first-order valence-electron chi connectivity index (χ1n) is 8.62. The fourth-order valence-corrected chi connectivity index (χ4v) is 2.47. The lowest BCUT2D eigenvalue weighted by Crippen LogP contribution is -2.33. The number of amides is 2. The van der Waals surface area contributed by atoms with Crippen LogP contribution in [0.5, 0.6) is 0 Å². The number of rotatable bonds is 9. The number of carbonyl (C=O) groups is 3.